The normalized spacial score (nSPS) is 21.5. The van der Waals surface area contributed by atoms with E-state index in [4.69, 9.17) is 0 Å². The van der Waals surface area contributed by atoms with Crippen molar-refractivity contribution in [1.82, 2.24) is 5.32 Å². The molecular formula is C15H22FN. The van der Waals surface area contributed by atoms with Crippen LogP contribution in [-0.4, -0.2) is 6.54 Å². The molecule has 1 nitrogen and oxygen atoms in total. The van der Waals surface area contributed by atoms with Gasteiger partial charge in [-0.25, -0.2) is 4.39 Å². The number of hydrogen-bond acceptors (Lipinski definition) is 1. The van der Waals surface area contributed by atoms with Crippen molar-refractivity contribution in [3.63, 3.8) is 0 Å². The van der Waals surface area contributed by atoms with Crippen LogP contribution in [0.1, 0.15) is 33.3 Å². The van der Waals surface area contributed by atoms with Crippen LogP contribution in [-0.2, 0) is 6.54 Å². The molecule has 0 unspecified atom stereocenters. The van der Waals surface area contributed by atoms with Crippen LogP contribution >= 0.6 is 0 Å². The molecule has 2 rings (SSSR count). The average Bonchev–Trinajstić information content (AvgIpc) is 2.63. The van der Waals surface area contributed by atoms with Crippen molar-refractivity contribution < 1.29 is 4.39 Å². The van der Waals surface area contributed by atoms with Crippen LogP contribution in [0.15, 0.2) is 24.3 Å². The lowest BCUT2D eigenvalue weighted by Crippen LogP contribution is -2.18. The smallest absolute Gasteiger partial charge is 0.123 e. The fraction of sp³-hybridized carbons (Fsp3) is 0.600. The summed E-state index contributed by atoms with van der Waals surface area (Å²) in [5.74, 6) is 0.564. The molecule has 2 heteroatoms. The second-order valence-electron chi connectivity index (χ2n) is 6.25. The molecule has 1 aliphatic rings. The molecule has 0 amide bonds. The van der Waals surface area contributed by atoms with Crippen molar-refractivity contribution in [2.45, 2.75) is 34.2 Å². The minimum Gasteiger partial charge on any atom is -0.312 e. The van der Waals surface area contributed by atoms with Crippen LogP contribution < -0.4 is 5.32 Å². The highest BCUT2D eigenvalue weighted by molar-refractivity contribution is 5.16. The third-order valence-electron chi connectivity index (χ3n) is 4.91. The maximum Gasteiger partial charge on any atom is 0.123 e. The third kappa shape index (κ3) is 2.23. The monoisotopic (exact) mass is 235 g/mol. The summed E-state index contributed by atoms with van der Waals surface area (Å²) in [6, 6.07) is 6.71. The van der Waals surface area contributed by atoms with Gasteiger partial charge in [0.15, 0.2) is 0 Å². The lowest BCUT2D eigenvalue weighted by molar-refractivity contribution is 0.457. The van der Waals surface area contributed by atoms with Gasteiger partial charge in [0.1, 0.15) is 5.82 Å². The molecule has 0 heterocycles. The highest BCUT2D eigenvalue weighted by Crippen LogP contribution is 2.67. The van der Waals surface area contributed by atoms with E-state index in [1.807, 2.05) is 12.1 Å². The summed E-state index contributed by atoms with van der Waals surface area (Å²) < 4.78 is 12.7. The molecule has 0 atom stereocenters. The van der Waals surface area contributed by atoms with Crippen LogP contribution in [0, 0.1) is 22.6 Å². The fourth-order valence-corrected chi connectivity index (χ4v) is 2.81. The van der Waals surface area contributed by atoms with E-state index in [9.17, 15) is 4.39 Å². The van der Waals surface area contributed by atoms with Crippen molar-refractivity contribution >= 4 is 0 Å². The maximum atomic E-state index is 12.7. The SMILES string of the molecule is CC1(C)C(CNCc2ccc(F)cc2)C1(C)C. The number of rotatable bonds is 4. The van der Waals surface area contributed by atoms with Crippen molar-refractivity contribution in [2.75, 3.05) is 6.54 Å². The maximum absolute atomic E-state index is 12.7. The Labute approximate surface area is 103 Å². The predicted octanol–water partition coefficient (Wildman–Crippen LogP) is 3.60. The number of benzene rings is 1. The van der Waals surface area contributed by atoms with Gasteiger partial charge in [0.2, 0.25) is 0 Å². The van der Waals surface area contributed by atoms with Crippen molar-refractivity contribution in [3.8, 4) is 0 Å². The predicted molar refractivity (Wildman–Crippen MR) is 69.2 cm³/mol. The molecule has 94 valence electrons. The van der Waals surface area contributed by atoms with E-state index < -0.39 is 0 Å². The quantitative estimate of drug-likeness (QED) is 0.841. The van der Waals surface area contributed by atoms with Crippen molar-refractivity contribution in [1.29, 1.82) is 0 Å². The zero-order valence-corrected chi connectivity index (χ0v) is 11.2. The van der Waals surface area contributed by atoms with Crippen LogP contribution in [0.4, 0.5) is 4.39 Å². The van der Waals surface area contributed by atoms with Crippen LogP contribution in [0.3, 0.4) is 0 Å². The Morgan fingerprint density at radius 3 is 2.06 bits per heavy atom. The van der Waals surface area contributed by atoms with Gasteiger partial charge in [0.25, 0.3) is 0 Å². The molecule has 0 aliphatic heterocycles. The third-order valence-corrected chi connectivity index (χ3v) is 4.91. The Kier molecular flexibility index (Phi) is 3.03. The molecule has 0 spiro atoms. The van der Waals surface area contributed by atoms with E-state index in [1.165, 1.54) is 12.1 Å². The van der Waals surface area contributed by atoms with E-state index in [0.717, 1.165) is 24.6 Å². The first kappa shape index (κ1) is 12.6. The van der Waals surface area contributed by atoms with Gasteiger partial charge < -0.3 is 5.32 Å². The van der Waals surface area contributed by atoms with Crippen molar-refractivity contribution in [2.24, 2.45) is 16.7 Å². The van der Waals surface area contributed by atoms with Gasteiger partial charge >= 0.3 is 0 Å². The molecule has 1 saturated carbocycles. The van der Waals surface area contributed by atoms with Gasteiger partial charge in [-0.15, -0.1) is 0 Å². The highest BCUT2D eigenvalue weighted by Gasteiger charge is 2.63. The molecular weight excluding hydrogens is 213 g/mol. The molecule has 1 aromatic carbocycles. The van der Waals surface area contributed by atoms with Crippen LogP contribution in [0.5, 0.6) is 0 Å². The molecule has 1 aliphatic carbocycles. The first-order valence-corrected chi connectivity index (χ1v) is 6.31. The minimum atomic E-state index is -0.168. The number of hydrogen-bond donors (Lipinski definition) is 1. The molecule has 0 saturated heterocycles. The van der Waals surface area contributed by atoms with E-state index >= 15 is 0 Å². The van der Waals surface area contributed by atoms with E-state index in [2.05, 4.69) is 33.0 Å². The van der Waals surface area contributed by atoms with Crippen LogP contribution in [0.2, 0.25) is 0 Å². The molecule has 0 bridgehead atoms. The molecule has 17 heavy (non-hydrogen) atoms. The molecule has 1 N–H and O–H groups in total. The highest BCUT2D eigenvalue weighted by atomic mass is 19.1. The summed E-state index contributed by atoms with van der Waals surface area (Å²) >= 11 is 0. The molecule has 1 aromatic rings. The van der Waals surface area contributed by atoms with E-state index in [1.54, 1.807) is 0 Å². The van der Waals surface area contributed by atoms with Gasteiger partial charge in [0, 0.05) is 6.54 Å². The van der Waals surface area contributed by atoms with Gasteiger partial charge in [-0.05, 0) is 41.0 Å². The number of halogens is 1. The summed E-state index contributed by atoms with van der Waals surface area (Å²) in [4.78, 5) is 0. The van der Waals surface area contributed by atoms with Crippen molar-refractivity contribution in [3.05, 3.63) is 35.6 Å². The topological polar surface area (TPSA) is 12.0 Å². The summed E-state index contributed by atoms with van der Waals surface area (Å²) in [5, 5.41) is 3.47. The zero-order chi connectivity index (χ0) is 12.7. The Morgan fingerprint density at radius 2 is 1.59 bits per heavy atom. The Bertz CT molecular complexity index is 378. The van der Waals surface area contributed by atoms with Gasteiger partial charge in [0.05, 0.1) is 0 Å². The lowest BCUT2D eigenvalue weighted by Gasteiger charge is -2.06. The minimum absolute atomic E-state index is 0.168. The summed E-state index contributed by atoms with van der Waals surface area (Å²) in [7, 11) is 0. The first-order valence-electron chi connectivity index (χ1n) is 6.31. The Hall–Kier alpha value is -0.890. The standard InChI is InChI=1S/C15H22FN/c1-14(2)13(15(14,3)4)10-17-9-11-5-7-12(16)8-6-11/h5-8,13,17H,9-10H2,1-4H3. The summed E-state index contributed by atoms with van der Waals surface area (Å²) in [5.41, 5.74) is 2.01. The van der Waals surface area contributed by atoms with Gasteiger partial charge in [-0.2, -0.15) is 0 Å². The Balaban J connectivity index is 1.80. The molecule has 1 fully saturated rings. The summed E-state index contributed by atoms with van der Waals surface area (Å²) in [6.45, 7) is 11.2. The second kappa shape index (κ2) is 4.09. The average molecular weight is 235 g/mol. The fourth-order valence-electron chi connectivity index (χ4n) is 2.81. The summed E-state index contributed by atoms with van der Waals surface area (Å²) in [6.07, 6.45) is 0. The largest absolute Gasteiger partial charge is 0.312 e. The van der Waals surface area contributed by atoms with Crippen LogP contribution in [0.25, 0.3) is 0 Å². The molecule has 0 radical (unpaired) electrons. The van der Waals surface area contributed by atoms with Gasteiger partial charge in [-0.3, -0.25) is 0 Å². The Morgan fingerprint density at radius 1 is 1.06 bits per heavy atom. The van der Waals surface area contributed by atoms with E-state index in [0.29, 0.717) is 10.8 Å². The number of nitrogens with one attached hydrogen (secondary N) is 1. The molecule has 0 aromatic heterocycles. The zero-order valence-electron chi connectivity index (χ0n) is 11.2. The second-order valence-corrected chi connectivity index (χ2v) is 6.25. The van der Waals surface area contributed by atoms with E-state index in [-0.39, 0.29) is 5.82 Å². The first-order chi connectivity index (χ1) is 7.85. The lowest BCUT2D eigenvalue weighted by atomic mass is 10.0. The van der Waals surface area contributed by atoms with Gasteiger partial charge in [-0.1, -0.05) is 39.8 Å².